The highest BCUT2D eigenvalue weighted by Crippen LogP contribution is 2.45. The minimum absolute atomic E-state index is 0.0790. The van der Waals surface area contributed by atoms with E-state index in [9.17, 15) is 27.2 Å². The number of likely N-dealkylation sites (tertiary alicyclic amines) is 1. The van der Waals surface area contributed by atoms with Gasteiger partial charge in [0.05, 0.1) is 12.2 Å². The molecule has 1 heterocycles. The van der Waals surface area contributed by atoms with Crippen LogP contribution in [0.2, 0.25) is 10.0 Å². The average molecular weight is 654 g/mol. The van der Waals surface area contributed by atoms with Gasteiger partial charge < -0.3 is 9.47 Å². The van der Waals surface area contributed by atoms with Crippen molar-refractivity contribution < 1.29 is 36.6 Å². The van der Waals surface area contributed by atoms with Crippen LogP contribution in [0.15, 0.2) is 30.3 Å². The monoisotopic (exact) mass is 652 g/mol. The first-order valence-electron chi connectivity index (χ1n) is 13.5. The zero-order valence-corrected chi connectivity index (χ0v) is 26.0. The van der Waals surface area contributed by atoms with E-state index in [1.54, 1.807) is 18.4 Å². The lowest BCUT2D eigenvalue weighted by Gasteiger charge is -2.42. The van der Waals surface area contributed by atoms with E-state index >= 15 is 0 Å². The lowest BCUT2D eigenvalue weighted by Crippen LogP contribution is -2.44. The first-order valence-corrected chi connectivity index (χ1v) is 15.4. The highest BCUT2D eigenvalue weighted by atomic mass is 35.5. The normalized spacial score (nSPS) is 19.8. The molecule has 0 bridgehead atoms. The van der Waals surface area contributed by atoms with E-state index in [2.05, 4.69) is 28.2 Å². The number of carbonyl (C=O) groups excluding carboxylic acids is 2. The van der Waals surface area contributed by atoms with E-state index in [0.29, 0.717) is 47.2 Å². The molecule has 0 spiro atoms. The Morgan fingerprint density at radius 2 is 1.74 bits per heavy atom. The lowest BCUT2D eigenvalue weighted by molar-refractivity contribution is -0.304. The summed E-state index contributed by atoms with van der Waals surface area (Å²) in [6, 6.07) is 9.37. The van der Waals surface area contributed by atoms with E-state index < -0.39 is 24.1 Å². The second kappa shape index (κ2) is 15.0. The van der Waals surface area contributed by atoms with Gasteiger partial charge in [-0.3, -0.25) is 19.2 Å². The summed E-state index contributed by atoms with van der Waals surface area (Å²) in [5, 5.41) is 1.28. The molecule has 2 aromatic rings. The molecule has 1 saturated heterocycles. The molecule has 1 N–H and O–H groups in total. The third-order valence-corrected chi connectivity index (χ3v) is 8.01. The number of ether oxygens (including phenoxy) is 2. The number of benzene rings is 2. The molecule has 2 aliphatic rings. The Bertz CT molecular complexity index is 1240. The van der Waals surface area contributed by atoms with E-state index in [-0.39, 0.29) is 11.6 Å². The number of amides is 1. The number of hydrogen-bond donors (Lipinski definition) is 1. The van der Waals surface area contributed by atoms with Crippen LogP contribution in [0, 0.1) is 11.7 Å². The van der Waals surface area contributed by atoms with Crippen LogP contribution in [-0.2, 0) is 9.53 Å². The summed E-state index contributed by atoms with van der Waals surface area (Å²) in [6.07, 6.45) is 1.11. The van der Waals surface area contributed by atoms with E-state index in [0.717, 1.165) is 55.3 Å². The van der Waals surface area contributed by atoms with Crippen LogP contribution in [0.3, 0.4) is 0 Å². The van der Waals surface area contributed by atoms with Gasteiger partial charge in [-0.25, -0.2) is 4.39 Å². The predicted octanol–water partition coefficient (Wildman–Crippen LogP) is 8.33. The van der Waals surface area contributed by atoms with Crippen molar-refractivity contribution in [2.24, 2.45) is 5.92 Å². The van der Waals surface area contributed by atoms with Crippen LogP contribution >= 0.6 is 35.1 Å². The van der Waals surface area contributed by atoms with Crippen molar-refractivity contribution in [2.45, 2.75) is 70.8 Å². The van der Waals surface area contributed by atoms with Gasteiger partial charge >= 0.3 is 12.3 Å². The second-order valence-corrected chi connectivity index (χ2v) is 12.0. The third-order valence-electron chi connectivity index (χ3n) is 7.18. The first kappa shape index (κ1) is 34.3. The Morgan fingerprint density at radius 1 is 1.10 bits per heavy atom. The zero-order chi connectivity index (χ0) is 31.2. The Kier molecular flexibility index (Phi) is 12.2. The summed E-state index contributed by atoms with van der Waals surface area (Å²) in [4.78, 5) is 24.2. The van der Waals surface area contributed by atoms with E-state index in [1.807, 2.05) is 12.1 Å². The fourth-order valence-electron chi connectivity index (χ4n) is 5.00. The van der Waals surface area contributed by atoms with Crippen LogP contribution in [0.25, 0.3) is 0 Å². The quantitative estimate of drug-likeness (QED) is 0.176. The molecule has 2 fully saturated rings. The van der Waals surface area contributed by atoms with Gasteiger partial charge in [-0.1, -0.05) is 35.1 Å². The van der Waals surface area contributed by atoms with E-state index in [4.69, 9.17) is 27.9 Å². The largest absolute Gasteiger partial charge is 0.575 e. The molecule has 1 saturated carbocycles. The summed E-state index contributed by atoms with van der Waals surface area (Å²) in [5.41, 5.74) is 2.12. The van der Waals surface area contributed by atoms with Crippen LogP contribution in [0.5, 0.6) is 5.75 Å². The summed E-state index contributed by atoms with van der Waals surface area (Å²) in [6.45, 7) is 6.51. The fraction of sp³-hybridized carbons (Fsp3) is 0.517. The van der Waals surface area contributed by atoms with Crippen LogP contribution in [0.1, 0.15) is 79.9 Å². The molecule has 1 amide bonds. The van der Waals surface area contributed by atoms with Crippen LogP contribution in [-0.4, -0.2) is 48.6 Å². The lowest BCUT2D eigenvalue weighted by atomic mass is 9.91. The molecule has 0 aromatic heterocycles. The van der Waals surface area contributed by atoms with Gasteiger partial charge in [-0.15, -0.1) is 13.2 Å². The summed E-state index contributed by atoms with van der Waals surface area (Å²) >= 11 is 13.6. The van der Waals surface area contributed by atoms with Crippen molar-refractivity contribution >= 4 is 47.0 Å². The molecule has 13 heteroatoms. The number of nitrogens with zero attached hydrogens (tertiary/aromatic N) is 1. The maximum atomic E-state index is 14.7. The molecule has 0 radical (unpaired) electrons. The number of piperidine rings is 1. The number of rotatable bonds is 8. The number of hydrogen-bond acceptors (Lipinski definition) is 6. The number of esters is 1. The molecule has 4 rings (SSSR count). The van der Waals surface area contributed by atoms with Crippen molar-refractivity contribution in [2.75, 3.05) is 19.4 Å². The van der Waals surface area contributed by atoms with Crippen LogP contribution in [0.4, 0.5) is 17.6 Å². The van der Waals surface area contributed by atoms with Crippen molar-refractivity contribution in [1.82, 2.24) is 9.62 Å². The molecule has 1 aliphatic carbocycles. The Morgan fingerprint density at radius 3 is 2.26 bits per heavy atom. The predicted molar refractivity (Wildman–Crippen MR) is 156 cm³/mol. The van der Waals surface area contributed by atoms with Gasteiger partial charge in [0.25, 0.3) is 5.91 Å². The van der Waals surface area contributed by atoms with Crippen molar-refractivity contribution in [3.8, 4) is 5.75 Å². The van der Waals surface area contributed by atoms with Gasteiger partial charge in [0.2, 0.25) is 0 Å². The standard InChI is InChI=1S/C26H31Cl2FN2O2S.C3H3F3O2/c1-15-4-5-17(13-31(15)16(2)19-8-20(27)10-21(28)9-19)14-33-25-12-24(29)23(26(32)30-34-3)11-22(25)18-6-7-18;1-2(7)8-3(4,5)6/h8-12,15-18H,4-7,13-14H2,1-3H3,(H,30,32);1H3/t15-,16?,17?;/m1./s1. The molecule has 232 valence electrons. The minimum Gasteiger partial charge on any atom is -0.493 e. The highest BCUT2D eigenvalue weighted by molar-refractivity contribution is 7.97. The average Bonchev–Trinajstić information content (AvgIpc) is 3.72. The molecule has 42 heavy (non-hydrogen) atoms. The summed E-state index contributed by atoms with van der Waals surface area (Å²) in [5.74, 6) is -1.07. The number of nitrogens with one attached hydrogen (secondary N) is 1. The number of carbonyl (C=O) groups is 2. The van der Waals surface area contributed by atoms with Crippen molar-refractivity contribution in [1.29, 1.82) is 0 Å². The maximum absolute atomic E-state index is 14.7. The number of alkyl halides is 3. The second-order valence-electron chi connectivity index (χ2n) is 10.5. The Hall–Kier alpha value is -2.21. The topological polar surface area (TPSA) is 67.9 Å². The molecular formula is C29H34Cl2F4N2O4S. The number of halogens is 6. The maximum Gasteiger partial charge on any atom is 0.575 e. The fourth-order valence-corrected chi connectivity index (χ4v) is 5.84. The summed E-state index contributed by atoms with van der Waals surface area (Å²) in [7, 11) is 0. The van der Waals surface area contributed by atoms with E-state index in [1.165, 1.54) is 6.07 Å². The minimum atomic E-state index is -4.83. The molecule has 2 unspecified atom stereocenters. The molecule has 6 nitrogen and oxygen atoms in total. The first-order chi connectivity index (χ1) is 19.7. The van der Waals surface area contributed by atoms with Gasteiger partial charge in [-0.2, -0.15) is 0 Å². The van der Waals surface area contributed by atoms with Crippen LogP contribution < -0.4 is 9.46 Å². The molecule has 2 aromatic carbocycles. The third kappa shape index (κ3) is 10.2. The highest BCUT2D eigenvalue weighted by Gasteiger charge is 2.33. The smallest absolute Gasteiger partial charge is 0.493 e. The SMILES string of the molecule is CC(=O)OC(F)(F)F.CSNC(=O)c1cc(C2CC2)c(OCC2CC[C@@H](C)N(C(C)c3cc(Cl)cc(Cl)c3)C2)cc1F. The zero-order valence-electron chi connectivity index (χ0n) is 23.7. The Labute approximate surface area is 257 Å². The molecule has 1 aliphatic heterocycles. The molecular weight excluding hydrogens is 619 g/mol. The van der Waals surface area contributed by atoms with Gasteiger partial charge in [0.15, 0.2) is 0 Å². The Balaban J connectivity index is 0.000000531. The van der Waals surface area contributed by atoms with Gasteiger partial charge in [0, 0.05) is 53.8 Å². The van der Waals surface area contributed by atoms with Gasteiger partial charge in [-0.05, 0) is 80.8 Å². The summed E-state index contributed by atoms with van der Waals surface area (Å²) < 4.78 is 59.0. The van der Waals surface area contributed by atoms with Gasteiger partial charge in [0.1, 0.15) is 11.6 Å². The van der Waals surface area contributed by atoms with Crippen molar-refractivity contribution in [3.05, 3.63) is 62.9 Å². The molecule has 3 atom stereocenters. The van der Waals surface area contributed by atoms with Crippen molar-refractivity contribution in [3.63, 3.8) is 0 Å².